The van der Waals surface area contributed by atoms with E-state index in [4.69, 9.17) is 0 Å². The van der Waals surface area contributed by atoms with E-state index in [0.717, 1.165) is 0 Å². The molecular formula is C32H19F17O3S3. The maximum atomic E-state index is 13.0. The maximum Gasteiger partial charge on any atom is 0.460 e. The fraction of sp³-hybridized carbons (Fsp3) is 0.250. The maximum absolute atomic E-state index is 13.0. The van der Waals surface area contributed by atoms with Crippen LogP contribution >= 0.6 is 11.8 Å². The normalized spacial score (nSPS) is 14.0. The quantitative estimate of drug-likeness (QED) is 0.0808. The Balaban J connectivity index is 0.000000296. The second-order valence-corrected chi connectivity index (χ2v) is 15.2. The third-order valence-corrected chi connectivity index (χ3v) is 11.4. The molecule has 0 unspecified atom stereocenters. The first-order chi connectivity index (χ1) is 24.9. The van der Waals surface area contributed by atoms with Gasteiger partial charge in [-0.2, -0.15) is 74.6 Å². The van der Waals surface area contributed by atoms with Gasteiger partial charge in [0.1, 0.15) is 10.9 Å². The minimum atomic E-state index is -8.92. The van der Waals surface area contributed by atoms with Crippen molar-refractivity contribution >= 4 is 32.8 Å². The van der Waals surface area contributed by atoms with Gasteiger partial charge in [-0.1, -0.05) is 78.5 Å². The lowest BCUT2D eigenvalue weighted by Crippen LogP contribution is -2.75. The van der Waals surface area contributed by atoms with Crippen molar-refractivity contribution in [2.75, 3.05) is 0 Å². The Labute approximate surface area is 306 Å². The van der Waals surface area contributed by atoms with E-state index < -0.39 is 57.1 Å². The predicted molar refractivity (Wildman–Crippen MR) is 162 cm³/mol. The van der Waals surface area contributed by atoms with Crippen molar-refractivity contribution in [1.82, 2.24) is 0 Å². The minimum absolute atomic E-state index is 0.121. The van der Waals surface area contributed by atoms with E-state index >= 15 is 0 Å². The average Bonchev–Trinajstić information content (AvgIpc) is 3.09. The van der Waals surface area contributed by atoms with Gasteiger partial charge in [0.15, 0.2) is 24.8 Å². The van der Waals surface area contributed by atoms with E-state index in [1.165, 1.54) is 24.5 Å². The van der Waals surface area contributed by atoms with E-state index in [-0.39, 0.29) is 10.9 Å². The monoisotopic (exact) mass is 870 g/mol. The molecule has 0 atom stereocenters. The standard InChI is InChI=1S/C24H19S2.C8HF17O3S/c1-4-12-20(13-5-1)25-23-18-10-11-19-24(23)26(21-14-6-2-7-15-21)22-16-8-3-9-17-22;9-1(10,3(13,14)5(17,18)7(21,22)23)2(11,12)4(15,16)6(19,20)8(24,25)29(26,27)28/h1-19H;(H,26,27,28)/q+1;/p-1. The highest BCUT2D eigenvalue weighted by atomic mass is 32.2. The summed E-state index contributed by atoms with van der Waals surface area (Å²) in [5.74, 6) is -52.1. The van der Waals surface area contributed by atoms with Crippen molar-refractivity contribution in [3.63, 3.8) is 0 Å². The van der Waals surface area contributed by atoms with Gasteiger partial charge in [0, 0.05) is 4.90 Å². The van der Waals surface area contributed by atoms with Gasteiger partial charge in [-0.05, 0) is 48.5 Å². The van der Waals surface area contributed by atoms with Crippen molar-refractivity contribution in [3.05, 3.63) is 115 Å². The molecule has 302 valence electrons. The molecule has 0 aliphatic heterocycles. The molecule has 0 aliphatic rings. The van der Waals surface area contributed by atoms with E-state index in [0.29, 0.717) is 0 Å². The molecule has 0 amide bonds. The van der Waals surface area contributed by atoms with Crippen LogP contribution in [0, 0.1) is 0 Å². The second kappa shape index (κ2) is 15.7. The molecule has 4 rings (SSSR count). The SMILES string of the molecule is O=S(=O)([O-])C(F)(F)C(F)(F)C(F)(F)C(F)(F)C(F)(F)C(F)(F)C(F)(F)C(F)(F)F.c1ccc(Sc2ccccc2[S+](c2ccccc2)c2ccccc2)cc1. The minimum Gasteiger partial charge on any atom is -0.743 e. The highest BCUT2D eigenvalue weighted by molar-refractivity contribution is 8.01. The van der Waals surface area contributed by atoms with Gasteiger partial charge in [-0.15, -0.1) is 0 Å². The molecule has 0 saturated carbocycles. The highest BCUT2D eigenvalue weighted by Gasteiger charge is 2.95. The Morgan fingerprint density at radius 3 is 1.15 bits per heavy atom. The first-order valence-corrected chi connectivity index (χ1v) is 17.7. The van der Waals surface area contributed by atoms with Crippen LogP contribution in [-0.4, -0.2) is 59.9 Å². The Kier molecular flexibility index (Phi) is 13.0. The molecule has 4 aromatic carbocycles. The van der Waals surface area contributed by atoms with Crippen molar-refractivity contribution in [2.45, 2.75) is 71.4 Å². The van der Waals surface area contributed by atoms with Crippen LogP contribution in [0.5, 0.6) is 0 Å². The topological polar surface area (TPSA) is 57.2 Å². The van der Waals surface area contributed by atoms with E-state index in [9.17, 15) is 87.6 Å². The molecule has 55 heavy (non-hydrogen) atoms. The molecule has 0 bridgehead atoms. The Morgan fingerprint density at radius 1 is 0.436 bits per heavy atom. The summed E-state index contributed by atoms with van der Waals surface area (Å²) < 4.78 is 244. The van der Waals surface area contributed by atoms with Crippen molar-refractivity contribution in [1.29, 1.82) is 0 Å². The highest BCUT2D eigenvalue weighted by Crippen LogP contribution is 2.64. The number of hydrogen-bond donors (Lipinski definition) is 0. The summed E-state index contributed by atoms with van der Waals surface area (Å²) in [4.78, 5) is 6.65. The molecule has 0 fully saturated rings. The van der Waals surface area contributed by atoms with Gasteiger partial charge in [-0.3, -0.25) is 0 Å². The zero-order valence-corrected chi connectivity index (χ0v) is 28.8. The van der Waals surface area contributed by atoms with Crippen molar-refractivity contribution < 1.29 is 87.6 Å². The molecule has 0 saturated heterocycles. The van der Waals surface area contributed by atoms with Crippen LogP contribution in [0.25, 0.3) is 0 Å². The number of rotatable bonds is 12. The fourth-order valence-corrected chi connectivity index (χ4v) is 7.93. The summed E-state index contributed by atoms with van der Waals surface area (Å²) in [5, 5.41) is -7.95. The summed E-state index contributed by atoms with van der Waals surface area (Å²) in [5.41, 5.74) is 0. The van der Waals surface area contributed by atoms with Gasteiger partial charge >= 0.3 is 47.0 Å². The average molecular weight is 871 g/mol. The number of hydrogen-bond acceptors (Lipinski definition) is 4. The zero-order valence-electron chi connectivity index (χ0n) is 26.3. The third-order valence-electron chi connectivity index (χ3n) is 7.01. The van der Waals surface area contributed by atoms with Gasteiger partial charge in [0.2, 0.25) is 0 Å². The first-order valence-electron chi connectivity index (χ1n) is 14.2. The predicted octanol–water partition coefficient (Wildman–Crippen LogP) is 11.4. The molecule has 0 heterocycles. The third kappa shape index (κ3) is 8.24. The zero-order chi connectivity index (χ0) is 42.1. The summed E-state index contributed by atoms with van der Waals surface area (Å²) in [6.45, 7) is 0. The molecular weight excluding hydrogens is 852 g/mol. The molecule has 0 aromatic heterocycles. The van der Waals surface area contributed by atoms with Gasteiger partial charge < -0.3 is 4.55 Å². The largest absolute Gasteiger partial charge is 0.743 e. The molecule has 23 heteroatoms. The van der Waals surface area contributed by atoms with Gasteiger partial charge in [0.05, 0.1) is 4.90 Å². The lowest BCUT2D eigenvalue weighted by atomic mass is 9.91. The van der Waals surface area contributed by atoms with Crippen LogP contribution in [0.15, 0.2) is 140 Å². The van der Waals surface area contributed by atoms with E-state index in [1.807, 2.05) is 11.8 Å². The summed E-state index contributed by atoms with van der Waals surface area (Å²) in [7, 11) is -8.26. The van der Waals surface area contributed by atoms with Crippen LogP contribution < -0.4 is 0 Å². The first kappa shape index (κ1) is 45.7. The number of alkyl halides is 17. The number of benzene rings is 4. The number of halogens is 17. The van der Waals surface area contributed by atoms with E-state index in [1.54, 1.807) is 0 Å². The molecule has 0 spiro atoms. The smallest absolute Gasteiger partial charge is 0.460 e. The lowest BCUT2D eigenvalue weighted by molar-refractivity contribution is -0.458. The second-order valence-electron chi connectivity index (χ2n) is 10.7. The fourth-order valence-electron chi connectivity index (χ4n) is 4.13. The van der Waals surface area contributed by atoms with Crippen LogP contribution in [0.2, 0.25) is 0 Å². The Bertz CT molecular complexity index is 1960. The summed E-state index contributed by atoms with van der Waals surface area (Å²) in [6.07, 6.45) is -7.89. The summed E-state index contributed by atoms with van der Waals surface area (Å²) >= 11 is 1.84. The van der Waals surface area contributed by atoms with E-state index in [2.05, 4.69) is 115 Å². The molecule has 0 radical (unpaired) electrons. The Morgan fingerprint density at radius 2 is 0.764 bits per heavy atom. The van der Waals surface area contributed by atoms with Gasteiger partial charge in [-0.25, -0.2) is 8.42 Å². The Hall–Kier alpha value is -3.70. The molecule has 3 nitrogen and oxygen atoms in total. The van der Waals surface area contributed by atoms with Crippen LogP contribution in [0.1, 0.15) is 0 Å². The van der Waals surface area contributed by atoms with Crippen molar-refractivity contribution in [3.8, 4) is 0 Å². The van der Waals surface area contributed by atoms with Crippen LogP contribution in [0.3, 0.4) is 0 Å². The van der Waals surface area contributed by atoms with Gasteiger partial charge in [0.25, 0.3) is 0 Å². The van der Waals surface area contributed by atoms with Crippen molar-refractivity contribution in [2.24, 2.45) is 0 Å². The lowest BCUT2D eigenvalue weighted by Gasteiger charge is -2.42. The molecule has 4 aromatic rings. The molecule has 0 aliphatic carbocycles. The van der Waals surface area contributed by atoms with Crippen LogP contribution in [-0.2, 0) is 21.0 Å². The molecule has 0 N–H and O–H groups in total. The van der Waals surface area contributed by atoms with Crippen LogP contribution in [0.4, 0.5) is 74.6 Å². The summed E-state index contributed by atoms with van der Waals surface area (Å²) in [6, 6.07) is 41.0.